The summed E-state index contributed by atoms with van der Waals surface area (Å²) in [4.78, 5) is 2.83. The van der Waals surface area contributed by atoms with E-state index in [1.807, 2.05) is 11.3 Å². The molecule has 0 aromatic carbocycles. The molecule has 0 aliphatic heterocycles. The Bertz CT molecular complexity index is 296. The van der Waals surface area contributed by atoms with E-state index in [9.17, 15) is 0 Å². The summed E-state index contributed by atoms with van der Waals surface area (Å²) in [6.45, 7) is 9.37. The van der Waals surface area contributed by atoms with Gasteiger partial charge in [-0.1, -0.05) is 6.92 Å². The second kappa shape index (κ2) is 6.26. The molecule has 1 N–H and O–H groups in total. The fourth-order valence-electron chi connectivity index (χ4n) is 1.66. The topological polar surface area (TPSA) is 21.3 Å². The standard InChI is InChI=1S/C12H21NOS/c1-9(8-14-4)6-13-7-12-5-10(2)15-11(12)3/h5,9,13H,6-8H2,1-4H3. The Morgan fingerprint density at radius 3 is 2.73 bits per heavy atom. The number of hydrogen-bond acceptors (Lipinski definition) is 3. The van der Waals surface area contributed by atoms with Gasteiger partial charge in [0.2, 0.25) is 0 Å². The SMILES string of the molecule is COCC(C)CNCc1cc(C)sc1C. The van der Waals surface area contributed by atoms with Crippen LogP contribution in [0.2, 0.25) is 0 Å². The molecule has 1 aromatic rings. The summed E-state index contributed by atoms with van der Waals surface area (Å²) in [5, 5.41) is 3.47. The van der Waals surface area contributed by atoms with Crippen molar-refractivity contribution in [1.82, 2.24) is 5.32 Å². The Labute approximate surface area is 96.7 Å². The fourth-order valence-corrected chi connectivity index (χ4v) is 2.60. The number of aryl methyl sites for hydroxylation is 2. The highest BCUT2D eigenvalue weighted by atomic mass is 32.1. The molecule has 2 nitrogen and oxygen atoms in total. The molecule has 0 radical (unpaired) electrons. The molecule has 0 amide bonds. The van der Waals surface area contributed by atoms with Crippen LogP contribution in [0, 0.1) is 19.8 Å². The fraction of sp³-hybridized carbons (Fsp3) is 0.667. The van der Waals surface area contributed by atoms with Crippen molar-refractivity contribution in [2.75, 3.05) is 20.3 Å². The number of methoxy groups -OCH3 is 1. The van der Waals surface area contributed by atoms with Crippen molar-refractivity contribution in [2.24, 2.45) is 5.92 Å². The van der Waals surface area contributed by atoms with E-state index in [4.69, 9.17) is 4.74 Å². The highest BCUT2D eigenvalue weighted by molar-refractivity contribution is 7.12. The predicted molar refractivity (Wildman–Crippen MR) is 66.5 cm³/mol. The molecule has 0 saturated heterocycles. The van der Waals surface area contributed by atoms with E-state index in [0.717, 1.165) is 19.7 Å². The lowest BCUT2D eigenvalue weighted by atomic mass is 10.2. The minimum absolute atomic E-state index is 0.579. The lowest BCUT2D eigenvalue weighted by molar-refractivity contribution is 0.158. The third kappa shape index (κ3) is 4.33. The van der Waals surface area contributed by atoms with Gasteiger partial charge in [0, 0.05) is 36.6 Å². The lowest BCUT2D eigenvalue weighted by Gasteiger charge is -2.11. The van der Waals surface area contributed by atoms with Gasteiger partial charge in [-0.05, 0) is 31.4 Å². The summed E-state index contributed by atoms with van der Waals surface area (Å²) >= 11 is 1.87. The van der Waals surface area contributed by atoms with Gasteiger partial charge in [0.05, 0.1) is 0 Å². The van der Waals surface area contributed by atoms with Gasteiger partial charge < -0.3 is 10.1 Å². The van der Waals surface area contributed by atoms with E-state index in [-0.39, 0.29) is 0 Å². The predicted octanol–water partition coefficient (Wildman–Crippen LogP) is 2.74. The van der Waals surface area contributed by atoms with E-state index < -0.39 is 0 Å². The van der Waals surface area contributed by atoms with Crippen LogP contribution in [-0.4, -0.2) is 20.3 Å². The van der Waals surface area contributed by atoms with Crippen molar-refractivity contribution in [3.63, 3.8) is 0 Å². The van der Waals surface area contributed by atoms with Gasteiger partial charge in [-0.2, -0.15) is 0 Å². The van der Waals surface area contributed by atoms with E-state index >= 15 is 0 Å². The van der Waals surface area contributed by atoms with Crippen molar-refractivity contribution >= 4 is 11.3 Å². The summed E-state index contributed by atoms with van der Waals surface area (Å²) in [5.74, 6) is 0.579. The maximum absolute atomic E-state index is 5.10. The van der Waals surface area contributed by atoms with Gasteiger partial charge >= 0.3 is 0 Å². The Kier molecular flexibility index (Phi) is 5.29. The molecular weight excluding hydrogens is 206 g/mol. The Morgan fingerprint density at radius 1 is 1.47 bits per heavy atom. The van der Waals surface area contributed by atoms with Gasteiger partial charge in [-0.15, -0.1) is 11.3 Å². The van der Waals surface area contributed by atoms with Crippen LogP contribution in [0.25, 0.3) is 0 Å². The second-order valence-corrected chi connectivity index (χ2v) is 5.59. The van der Waals surface area contributed by atoms with Crippen LogP contribution in [0.3, 0.4) is 0 Å². The molecule has 1 atom stereocenters. The molecule has 1 heterocycles. The van der Waals surface area contributed by atoms with Crippen molar-refractivity contribution in [3.05, 3.63) is 21.4 Å². The third-order valence-corrected chi connectivity index (χ3v) is 3.41. The Morgan fingerprint density at radius 2 is 2.20 bits per heavy atom. The van der Waals surface area contributed by atoms with E-state index in [1.165, 1.54) is 15.3 Å². The van der Waals surface area contributed by atoms with Gasteiger partial charge in [0.25, 0.3) is 0 Å². The molecule has 1 rings (SSSR count). The highest BCUT2D eigenvalue weighted by Crippen LogP contribution is 2.20. The largest absolute Gasteiger partial charge is 0.384 e. The number of nitrogens with one attached hydrogen (secondary N) is 1. The zero-order valence-electron chi connectivity index (χ0n) is 10.1. The van der Waals surface area contributed by atoms with Crippen molar-refractivity contribution in [2.45, 2.75) is 27.3 Å². The summed E-state index contributed by atoms with van der Waals surface area (Å²) in [7, 11) is 1.75. The first-order chi connectivity index (χ1) is 7.13. The molecule has 0 aliphatic carbocycles. The van der Waals surface area contributed by atoms with Crippen LogP contribution in [0.1, 0.15) is 22.2 Å². The summed E-state index contributed by atoms with van der Waals surface area (Å²) in [6, 6.07) is 2.27. The first-order valence-electron chi connectivity index (χ1n) is 5.39. The van der Waals surface area contributed by atoms with Crippen LogP contribution in [0.15, 0.2) is 6.07 Å². The van der Waals surface area contributed by atoms with Crippen LogP contribution in [0.4, 0.5) is 0 Å². The zero-order valence-corrected chi connectivity index (χ0v) is 10.9. The van der Waals surface area contributed by atoms with Crippen molar-refractivity contribution < 1.29 is 4.74 Å². The first-order valence-corrected chi connectivity index (χ1v) is 6.20. The van der Waals surface area contributed by atoms with E-state index in [1.54, 1.807) is 7.11 Å². The quantitative estimate of drug-likeness (QED) is 0.807. The molecule has 0 spiro atoms. The Hall–Kier alpha value is -0.380. The van der Waals surface area contributed by atoms with Crippen LogP contribution in [0.5, 0.6) is 0 Å². The maximum atomic E-state index is 5.10. The number of rotatable bonds is 6. The van der Waals surface area contributed by atoms with E-state index in [2.05, 4.69) is 32.2 Å². The molecule has 0 fully saturated rings. The van der Waals surface area contributed by atoms with Crippen molar-refractivity contribution in [1.29, 1.82) is 0 Å². The number of thiophene rings is 1. The van der Waals surface area contributed by atoms with Gasteiger partial charge in [-0.3, -0.25) is 0 Å². The minimum atomic E-state index is 0.579. The zero-order chi connectivity index (χ0) is 11.3. The molecule has 3 heteroatoms. The molecule has 0 bridgehead atoms. The number of ether oxygens (including phenoxy) is 1. The van der Waals surface area contributed by atoms with Gasteiger partial charge in [-0.25, -0.2) is 0 Å². The average Bonchev–Trinajstić information content (AvgIpc) is 2.46. The van der Waals surface area contributed by atoms with E-state index in [0.29, 0.717) is 5.92 Å². The minimum Gasteiger partial charge on any atom is -0.384 e. The monoisotopic (exact) mass is 227 g/mol. The summed E-state index contributed by atoms with van der Waals surface area (Å²) < 4.78 is 5.10. The van der Waals surface area contributed by atoms with Crippen LogP contribution >= 0.6 is 11.3 Å². The van der Waals surface area contributed by atoms with Gasteiger partial charge in [0.15, 0.2) is 0 Å². The smallest absolute Gasteiger partial charge is 0.0499 e. The average molecular weight is 227 g/mol. The summed E-state index contributed by atoms with van der Waals surface area (Å²) in [5.41, 5.74) is 1.43. The first kappa shape index (κ1) is 12.7. The molecule has 0 saturated carbocycles. The second-order valence-electron chi connectivity index (χ2n) is 4.13. The molecular formula is C12H21NOS. The molecule has 1 unspecified atom stereocenters. The maximum Gasteiger partial charge on any atom is 0.0499 e. The normalized spacial score (nSPS) is 13.1. The van der Waals surface area contributed by atoms with Crippen LogP contribution < -0.4 is 5.32 Å². The lowest BCUT2D eigenvalue weighted by Crippen LogP contribution is -2.23. The Balaban J connectivity index is 2.28. The number of hydrogen-bond donors (Lipinski definition) is 1. The van der Waals surface area contributed by atoms with Crippen LogP contribution in [-0.2, 0) is 11.3 Å². The molecule has 0 aliphatic rings. The summed E-state index contributed by atoms with van der Waals surface area (Å²) in [6.07, 6.45) is 0. The highest BCUT2D eigenvalue weighted by Gasteiger charge is 2.04. The molecule has 1 aromatic heterocycles. The molecule has 15 heavy (non-hydrogen) atoms. The molecule has 86 valence electrons. The third-order valence-electron chi connectivity index (χ3n) is 2.40. The van der Waals surface area contributed by atoms with Crippen molar-refractivity contribution in [3.8, 4) is 0 Å². The van der Waals surface area contributed by atoms with Gasteiger partial charge in [0.1, 0.15) is 0 Å².